The number of piperazine rings is 1. The van der Waals surface area contributed by atoms with Crippen LogP contribution in [0.4, 0.5) is 29.3 Å². The van der Waals surface area contributed by atoms with Crippen LogP contribution >= 0.6 is 0 Å². The van der Waals surface area contributed by atoms with Crippen LogP contribution in [0, 0.1) is 0 Å². The zero-order valence-corrected chi connectivity index (χ0v) is 20.6. The zero-order chi connectivity index (χ0) is 28.1. The molecule has 1 saturated heterocycles. The Labute approximate surface area is 215 Å². The summed E-state index contributed by atoms with van der Waals surface area (Å²) in [5.41, 5.74) is -0.275. The summed E-state index contributed by atoms with van der Waals surface area (Å²) in [6.45, 7) is 0.474. The number of carboxylic acid groups (broad SMARTS) is 2. The summed E-state index contributed by atoms with van der Waals surface area (Å²) in [5.74, 6) is -2.62. The summed E-state index contributed by atoms with van der Waals surface area (Å²) in [4.78, 5) is 35.6. The summed E-state index contributed by atoms with van der Waals surface area (Å²) >= 11 is 0. The molecule has 11 nitrogen and oxygen atoms in total. The van der Waals surface area contributed by atoms with Crippen LogP contribution < -0.4 is 15.5 Å². The fraction of sp³-hybridized carbons (Fsp3) is 0.348. The summed E-state index contributed by atoms with van der Waals surface area (Å²) in [6, 6.07) is 7.60. The molecule has 0 bridgehead atoms. The molecule has 0 radical (unpaired) electrons. The largest absolute Gasteiger partial charge is 0.481 e. The van der Waals surface area contributed by atoms with E-state index in [0.717, 1.165) is 12.1 Å². The second kappa shape index (κ2) is 11.7. The predicted octanol–water partition coefficient (Wildman–Crippen LogP) is 2.66. The lowest BCUT2D eigenvalue weighted by Crippen LogP contribution is -2.48. The van der Waals surface area contributed by atoms with Gasteiger partial charge in [-0.15, -0.1) is 0 Å². The van der Waals surface area contributed by atoms with E-state index >= 15 is 0 Å². The molecule has 0 aliphatic carbocycles. The first kappa shape index (κ1) is 28.7. The lowest BCUT2D eigenvalue weighted by molar-refractivity contribution is -0.140. The van der Waals surface area contributed by atoms with Crippen molar-refractivity contribution in [2.45, 2.75) is 30.0 Å². The van der Waals surface area contributed by atoms with Gasteiger partial charge in [-0.3, -0.25) is 4.79 Å². The van der Waals surface area contributed by atoms with Crippen molar-refractivity contribution >= 4 is 39.4 Å². The highest BCUT2D eigenvalue weighted by Gasteiger charge is 2.32. The van der Waals surface area contributed by atoms with Crippen molar-refractivity contribution in [3.05, 3.63) is 54.1 Å². The molecule has 4 N–H and O–H groups in total. The molecule has 1 heterocycles. The Kier molecular flexibility index (Phi) is 8.83. The van der Waals surface area contributed by atoms with Crippen LogP contribution in [0.1, 0.15) is 18.4 Å². The first-order chi connectivity index (χ1) is 17.8. The summed E-state index contributed by atoms with van der Waals surface area (Å²) in [6.07, 6.45) is -5.27. The average Bonchev–Trinajstić information content (AvgIpc) is 2.86. The van der Waals surface area contributed by atoms with Crippen molar-refractivity contribution in [1.82, 2.24) is 9.62 Å². The van der Waals surface area contributed by atoms with Gasteiger partial charge in [0.25, 0.3) is 0 Å². The van der Waals surface area contributed by atoms with E-state index in [1.165, 1.54) is 40.7 Å². The summed E-state index contributed by atoms with van der Waals surface area (Å²) in [7, 11) is -3.93. The molecule has 0 unspecified atom stereocenters. The number of alkyl halides is 3. The lowest BCUT2D eigenvalue weighted by Gasteiger charge is -2.35. The highest BCUT2D eigenvalue weighted by molar-refractivity contribution is 7.89. The molecule has 15 heteroatoms. The quantitative estimate of drug-likeness (QED) is 0.366. The van der Waals surface area contributed by atoms with Crippen molar-refractivity contribution in [2.75, 3.05) is 36.4 Å². The standard InChI is InChI=1S/C23H25F3N4O7S/c24-23(25,26)15-2-1-3-17(14-15)29-10-12-30(13-11-29)38(36,37)18-6-4-16(5-7-18)27-22(35)28-19(21(33)34)8-9-20(31)32/h1-7,14,19H,8-13H2,(H,31,32)(H,33,34)(H2,27,28,35)/t19-/m1/s1. The van der Waals surface area contributed by atoms with Crippen molar-refractivity contribution in [3.8, 4) is 0 Å². The Morgan fingerprint density at radius 1 is 0.974 bits per heavy atom. The van der Waals surface area contributed by atoms with Gasteiger partial charge in [0, 0.05) is 44.0 Å². The predicted molar refractivity (Wildman–Crippen MR) is 129 cm³/mol. The van der Waals surface area contributed by atoms with E-state index in [-0.39, 0.29) is 43.2 Å². The van der Waals surface area contributed by atoms with Gasteiger partial charge in [0.05, 0.1) is 10.5 Å². The first-order valence-corrected chi connectivity index (χ1v) is 12.8. The zero-order valence-electron chi connectivity index (χ0n) is 19.8. The molecule has 2 amide bonds. The van der Waals surface area contributed by atoms with Gasteiger partial charge in [-0.05, 0) is 48.9 Å². The first-order valence-electron chi connectivity index (χ1n) is 11.3. The molecular formula is C23H25F3N4O7S. The SMILES string of the molecule is O=C(O)CC[C@@H](NC(=O)Nc1ccc(S(=O)(=O)N2CCN(c3cccc(C(F)(F)F)c3)CC2)cc1)C(=O)O. The van der Waals surface area contributed by atoms with E-state index in [2.05, 4.69) is 10.6 Å². The van der Waals surface area contributed by atoms with E-state index < -0.39 is 52.2 Å². The number of nitrogens with one attached hydrogen (secondary N) is 2. The lowest BCUT2D eigenvalue weighted by atomic mass is 10.1. The van der Waals surface area contributed by atoms with Crippen LogP contribution in [0.15, 0.2) is 53.4 Å². The highest BCUT2D eigenvalue weighted by atomic mass is 32.2. The third-order valence-corrected chi connectivity index (χ3v) is 7.69. The van der Waals surface area contributed by atoms with Gasteiger partial charge < -0.3 is 25.7 Å². The van der Waals surface area contributed by atoms with E-state index in [0.29, 0.717) is 5.69 Å². The number of carboxylic acids is 2. The molecule has 1 aliphatic rings. The summed E-state index contributed by atoms with van der Waals surface area (Å²) in [5, 5.41) is 22.3. The van der Waals surface area contributed by atoms with Gasteiger partial charge in [0.1, 0.15) is 6.04 Å². The van der Waals surface area contributed by atoms with Crippen LogP contribution in [0.5, 0.6) is 0 Å². The maximum atomic E-state index is 13.0. The number of carbonyl (C=O) groups excluding carboxylic acids is 1. The van der Waals surface area contributed by atoms with Gasteiger partial charge in [0.2, 0.25) is 10.0 Å². The van der Waals surface area contributed by atoms with E-state index in [1.54, 1.807) is 4.90 Å². The number of sulfonamides is 1. The molecule has 1 aliphatic heterocycles. The van der Waals surface area contributed by atoms with Crippen LogP contribution in [0.25, 0.3) is 0 Å². The van der Waals surface area contributed by atoms with Gasteiger partial charge in [0.15, 0.2) is 0 Å². The minimum Gasteiger partial charge on any atom is -0.481 e. The van der Waals surface area contributed by atoms with Crippen LogP contribution in [0.2, 0.25) is 0 Å². The number of nitrogens with zero attached hydrogens (tertiary/aromatic N) is 2. The van der Waals surface area contributed by atoms with Crippen LogP contribution in [-0.4, -0.2) is 73.1 Å². The maximum Gasteiger partial charge on any atom is 0.416 e. The molecule has 3 rings (SSSR count). The fourth-order valence-electron chi connectivity index (χ4n) is 3.78. The second-order valence-electron chi connectivity index (χ2n) is 8.39. The van der Waals surface area contributed by atoms with Crippen LogP contribution in [-0.2, 0) is 25.8 Å². The van der Waals surface area contributed by atoms with Crippen molar-refractivity contribution in [1.29, 1.82) is 0 Å². The average molecular weight is 559 g/mol. The minimum atomic E-state index is -4.48. The van der Waals surface area contributed by atoms with Gasteiger partial charge >= 0.3 is 24.1 Å². The van der Waals surface area contributed by atoms with Crippen molar-refractivity contribution < 1.29 is 46.2 Å². The molecule has 2 aromatic rings. The molecule has 38 heavy (non-hydrogen) atoms. The number of hydrogen-bond donors (Lipinski definition) is 4. The number of amides is 2. The number of urea groups is 1. The Hall–Kier alpha value is -3.85. The Morgan fingerprint density at radius 3 is 2.16 bits per heavy atom. The third-order valence-electron chi connectivity index (χ3n) is 5.78. The number of benzene rings is 2. The van der Waals surface area contributed by atoms with E-state index in [9.17, 15) is 36.0 Å². The second-order valence-corrected chi connectivity index (χ2v) is 10.3. The normalized spacial score (nSPS) is 15.5. The monoisotopic (exact) mass is 558 g/mol. The molecule has 206 valence electrons. The van der Waals surface area contributed by atoms with Crippen LogP contribution in [0.3, 0.4) is 0 Å². The number of hydrogen-bond acceptors (Lipinski definition) is 6. The van der Waals surface area contributed by atoms with Gasteiger partial charge in [-0.1, -0.05) is 6.07 Å². The number of anilines is 2. The number of rotatable bonds is 9. The Balaban J connectivity index is 1.59. The smallest absolute Gasteiger partial charge is 0.416 e. The number of halogens is 3. The van der Waals surface area contributed by atoms with E-state index in [4.69, 9.17) is 10.2 Å². The molecule has 0 aromatic heterocycles. The van der Waals surface area contributed by atoms with E-state index in [1.807, 2.05) is 0 Å². The Bertz CT molecular complexity index is 1280. The minimum absolute atomic E-state index is 0.0495. The molecule has 1 fully saturated rings. The molecule has 0 spiro atoms. The molecule has 2 aromatic carbocycles. The maximum absolute atomic E-state index is 13.0. The number of carbonyl (C=O) groups is 3. The van der Waals surface area contributed by atoms with Gasteiger partial charge in [-0.2, -0.15) is 17.5 Å². The fourth-order valence-corrected chi connectivity index (χ4v) is 5.20. The highest BCUT2D eigenvalue weighted by Crippen LogP contribution is 2.32. The summed E-state index contributed by atoms with van der Waals surface area (Å²) < 4.78 is 66.3. The third kappa shape index (κ3) is 7.35. The van der Waals surface area contributed by atoms with Crippen molar-refractivity contribution in [2.24, 2.45) is 0 Å². The molecule has 1 atom stereocenters. The number of aliphatic carboxylic acids is 2. The molecular weight excluding hydrogens is 533 g/mol. The topological polar surface area (TPSA) is 156 Å². The van der Waals surface area contributed by atoms with Crippen molar-refractivity contribution in [3.63, 3.8) is 0 Å². The Morgan fingerprint density at radius 2 is 1.61 bits per heavy atom. The van der Waals surface area contributed by atoms with Gasteiger partial charge in [-0.25, -0.2) is 18.0 Å². The molecule has 0 saturated carbocycles.